The van der Waals surface area contributed by atoms with Gasteiger partial charge in [0.15, 0.2) is 0 Å². The van der Waals surface area contributed by atoms with Crippen LogP contribution in [0.2, 0.25) is 0 Å². The molecule has 0 aliphatic heterocycles. The minimum absolute atomic E-state index is 0.180. The number of hydrogen-bond donors (Lipinski definition) is 1. The summed E-state index contributed by atoms with van der Waals surface area (Å²) in [5, 5.41) is 0. The Morgan fingerprint density at radius 3 is 2.69 bits per heavy atom. The topological polar surface area (TPSA) is 43.1 Å². The number of benzene rings is 1. The van der Waals surface area contributed by atoms with Crippen molar-refractivity contribution in [1.82, 2.24) is 0 Å². The Morgan fingerprint density at radius 2 is 2.06 bits per heavy atom. The van der Waals surface area contributed by atoms with Gasteiger partial charge in [-0.1, -0.05) is 38.5 Å². The van der Waals surface area contributed by atoms with E-state index in [1.165, 1.54) is 16.7 Å². The highest BCUT2D eigenvalue weighted by Crippen LogP contribution is 2.36. The molecule has 0 radical (unpaired) electrons. The van der Waals surface area contributed by atoms with Crippen molar-refractivity contribution in [3.05, 3.63) is 34.9 Å². The number of nitrogens with two attached hydrogens (primary N) is 1. The maximum absolute atomic E-state index is 11.4. The van der Waals surface area contributed by atoms with Crippen molar-refractivity contribution in [2.45, 2.75) is 39.5 Å². The molecular weight excluding hydrogens is 198 g/mol. The van der Waals surface area contributed by atoms with Crippen LogP contribution in [0.1, 0.15) is 37.0 Å². The van der Waals surface area contributed by atoms with E-state index in [0.717, 1.165) is 25.7 Å². The predicted molar refractivity (Wildman–Crippen MR) is 65.1 cm³/mol. The van der Waals surface area contributed by atoms with Crippen molar-refractivity contribution in [3.8, 4) is 0 Å². The van der Waals surface area contributed by atoms with Crippen LogP contribution in [0.4, 0.5) is 0 Å². The molecule has 1 aromatic carbocycles. The van der Waals surface area contributed by atoms with E-state index in [2.05, 4.69) is 25.1 Å². The van der Waals surface area contributed by atoms with Gasteiger partial charge in [-0.15, -0.1) is 0 Å². The van der Waals surface area contributed by atoms with E-state index in [0.29, 0.717) is 0 Å². The third kappa shape index (κ3) is 1.84. The molecule has 16 heavy (non-hydrogen) atoms. The first kappa shape index (κ1) is 11.2. The number of hydrogen-bond acceptors (Lipinski definition) is 1. The third-order valence-electron chi connectivity index (χ3n) is 3.57. The fourth-order valence-corrected chi connectivity index (χ4v) is 2.54. The van der Waals surface area contributed by atoms with Crippen molar-refractivity contribution >= 4 is 5.91 Å². The van der Waals surface area contributed by atoms with Crippen molar-refractivity contribution < 1.29 is 4.79 Å². The summed E-state index contributed by atoms with van der Waals surface area (Å²) in [7, 11) is 0. The van der Waals surface area contributed by atoms with E-state index in [1.807, 2.05) is 6.92 Å². The molecule has 0 fully saturated rings. The van der Waals surface area contributed by atoms with Crippen molar-refractivity contribution in [3.63, 3.8) is 0 Å². The normalized spacial score (nSPS) is 23.1. The van der Waals surface area contributed by atoms with Crippen LogP contribution in [-0.4, -0.2) is 5.91 Å². The second-order valence-electron chi connectivity index (χ2n) is 5.13. The largest absolute Gasteiger partial charge is 0.369 e. The first-order valence-electron chi connectivity index (χ1n) is 5.96. The van der Waals surface area contributed by atoms with Crippen molar-refractivity contribution in [1.29, 1.82) is 0 Å². The van der Waals surface area contributed by atoms with Crippen LogP contribution in [0.15, 0.2) is 18.2 Å². The number of primary amides is 1. The average molecular weight is 217 g/mol. The summed E-state index contributed by atoms with van der Waals surface area (Å²) in [6.45, 7) is 4.15. The van der Waals surface area contributed by atoms with E-state index >= 15 is 0 Å². The van der Waals surface area contributed by atoms with E-state index in [4.69, 9.17) is 5.73 Å². The van der Waals surface area contributed by atoms with Gasteiger partial charge in [-0.2, -0.15) is 0 Å². The molecule has 2 heteroatoms. The molecule has 0 aromatic heterocycles. The maximum Gasteiger partial charge on any atom is 0.224 e. The van der Waals surface area contributed by atoms with E-state index < -0.39 is 0 Å². The van der Waals surface area contributed by atoms with Gasteiger partial charge in [0.25, 0.3) is 0 Å². The van der Waals surface area contributed by atoms with Crippen molar-refractivity contribution in [2.75, 3.05) is 0 Å². The number of amides is 1. The molecule has 1 unspecified atom stereocenters. The van der Waals surface area contributed by atoms with Gasteiger partial charge >= 0.3 is 0 Å². The van der Waals surface area contributed by atoms with Gasteiger partial charge in [0, 0.05) is 0 Å². The number of aryl methyl sites for hydroxylation is 1. The summed E-state index contributed by atoms with van der Waals surface area (Å²) in [6, 6.07) is 6.58. The van der Waals surface area contributed by atoms with Crippen LogP contribution in [0.5, 0.6) is 0 Å². The Labute approximate surface area is 96.8 Å². The summed E-state index contributed by atoms with van der Waals surface area (Å²) in [5.74, 6) is -0.180. The molecule has 0 spiro atoms. The maximum atomic E-state index is 11.4. The predicted octanol–water partition coefficient (Wildman–Crippen LogP) is 2.23. The van der Waals surface area contributed by atoms with Crippen LogP contribution < -0.4 is 5.73 Å². The molecule has 1 aliphatic rings. The van der Waals surface area contributed by atoms with Gasteiger partial charge in [-0.3, -0.25) is 4.79 Å². The Bertz CT molecular complexity index is 425. The Morgan fingerprint density at radius 1 is 1.38 bits per heavy atom. The lowest BCUT2D eigenvalue weighted by Crippen LogP contribution is -2.34. The quantitative estimate of drug-likeness (QED) is 0.829. The average Bonchev–Trinajstić information content (AvgIpc) is 2.55. The summed E-state index contributed by atoms with van der Waals surface area (Å²) >= 11 is 0. The van der Waals surface area contributed by atoms with Crippen LogP contribution in [0, 0.1) is 5.41 Å². The van der Waals surface area contributed by atoms with Crippen LogP contribution in [-0.2, 0) is 24.1 Å². The zero-order valence-corrected chi connectivity index (χ0v) is 10.0. The summed E-state index contributed by atoms with van der Waals surface area (Å²) < 4.78 is 0. The minimum atomic E-state index is -0.368. The third-order valence-corrected chi connectivity index (χ3v) is 3.57. The number of carbonyl (C=O) groups excluding carboxylic acids is 1. The second kappa shape index (κ2) is 3.93. The summed E-state index contributed by atoms with van der Waals surface area (Å²) in [6.07, 6.45) is 3.87. The van der Waals surface area contributed by atoms with Gasteiger partial charge in [0.05, 0.1) is 5.41 Å². The van der Waals surface area contributed by atoms with E-state index in [-0.39, 0.29) is 11.3 Å². The lowest BCUT2D eigenvalue weighted by Gasteiger charge is -2.17. The minimum Gasteiger partial charge on any atom is -0.369 e. The molecule has 1 amide bonds. The van der Waals surface area contributed by atoms with Crippen LogP contribution >= 0.6 is 0 Å². The van der Waals surface area contributed by atoms with Gasteiger partial charge in [0.1, 0.15) is 0 Å². The molecule has 2 N–H and O–H groups in total. The lowest BCUT2D eigenvalue weighted by molar-refractivity contribution is -0.126. The Balaban J connectivity index is 2.27. The lowest BCUT2D eigenvalue weighted by atomic mass is 9.86. The zero-order chi connectivity index (χ0) is 11.8. The molecule has 0 saturated carbocycles. The van der Waals surface area contributed by atoms with Crippen LogP contribution in [0.3, 0.4) is 0 Å². The first-order chi connectivity index (χ1) is 7.55. The van der Waals surface area contributed by atoms with Crippen LogP contribution in [0.25, 0.3) is 0 Å². The zero-order valence-electron chi connectivity index (χ0n) is 10.0. The number of rotatable bonds is 3. The van der Waals surface area contributed by atoms with Gasteiger partial charge in [-0.25, -0.2) is 0 Å². The molecule has 1 aromatic rings. The fraction of sp³-hybridized carbons (Fsp3) is 0.500. The summed E-state index contributed by atoms with van der Waals surface area (Å²) in [4.78, 5) is 11.4. The monoisotopic (exact) mass is 217 g/mol. The Kier molecular flexibility index (Phi) is 2.75. The Hall–Kier alpha value is -1.31. The van der Waals surface area contributed by atoms with Crippen molar-refractivity contribution in [2.24, 2.45) is 11.1 Å². The molecule has 2 nitrogen and oxygen atoms in total. The molecule has 1 aliphatic carbocycles. The van der Waals surface area contributed by atoms with Gasteiger partial charge in [-0.05, 0) is 36.0 Å². The number of carbonyl (C=O) groups is 1. The standard InChI is InChI=1S/C14H19NO/c1-3-4-10-5-6-11-8-14(2,13(15)16)9-12(11)7-10/h5-7H,3-4,8-9H2,1-2H3,(H2,15,16). The SMILES string of the molecule is CCCc1ccc2c(c1)CC(C)(C(N)=O)C2. The molecule has 2 rings (SSSR count). The fourth-order valence-electron chi connectivity index (χ4n) is 2.54. The van der Waals surface area contributed by atoms with E-state index in [1.54, 1.807) is 0 Å². The highest BCUT2D eigenvalue weighted by molar-refractivity contribution is 5.82. The highest BCUT2D eigenvalue weighted by atomic mass is 16.1. The highest BCUT2D eigenvalue weighted by Gasteiger charge is 2.37. The summed E-state index contributed by atoms with van der Waals surface area (Å²) in [5.41, 5.74) is 9.08. The first-order valence-corrected chi connectivity index (χ1v) is 5.96. The van der Waals surface area contributed by atoms with Gasteiger partial charge < -0.3 is 5.73 Å². The molecule has 86 valence electrons. The molecule has 0 heterocycles. The smallest absolute Gasteiger partial charge is 0.224 e. The second-order valence-corrected chi connectivity index (χ2v) is 5.13. The van der Waals surface area contributed by atoms with E-state index in [9.17, 15) is 4.79 Å². The molecular formula is C14H19NO. The number of fused-ring (bicyclic) bond motifs is 1. The molecule has 0 bridgehead atoms. The molecule has 1 atom stereocenters. The van der Waals surface area contributed by atoms with Gasteiger partial charge in [0.2, 0.25) is 5.91 Å². The molecule has 0 saturated heterocycles.